The zero-order valence-electron chi connectivity index (χ0n) is 20.3. The molecule has 0 radical (unpaired) electrons. The van der Waals surface area contributed by atoms with Gasteiger partial charge in [0, 0.05) is 0 Å². The van der Waals surface area contributed by atoms with E-state index in [-0.39, 0.29) is 24.3 Å². The minimum Gasteiger partial charge on any atom is -0.496 e. The van der Waals surface area contributed by atoms with Gasteiger partial charge in [0.05, 0.1) is 23.3 Å². The molecular formula is C28H25BrN2O6. The second-order valence-electron chi connectivity index (χ2n) is 8.56. The van der Waals surface area contributed by atoms with Crippen molar-refractivity contribution in [1.29, 1.82) is 0 Å². The highest BCUT2D eigenvalue weighted by Crippen LogP contribution is 2.36. The summed E-state index contributed by atoms with van der Waals surface area (Å²) in [6.45, 7) is 2.71. The summed E-state index contributed by atoms with van der Waals surface area (Å²) >= 11 is 3.46. The van der Waals surface area contributed by atoms with Crippen molar-refractivity contribution in [1.82, 2.24) is 5.32 Å². The molecule has 1 N–H and O–H groups in total. The minimum absolute atomic E-state index is 0.114. The maximum atomic E-state index is 13.4. The smallest absolute Gasteiger partial charge is 0.294 e. The lowest BCUT2D eigenvalue weighted by Crippen LogP contribution is -2.44. The number of methoxy groups -OCH3 is 1. The number of nitrogens with zero attached hydrogens (tertiary/aromatic N) is 1. The van der Waals surface area contributed by atoms with Gasteiger partial charge in [0.15, 0.2) is 23.0 Å². The molecule has 0 spiro atoms. The van der Waals surface area contributed by atoms with Crippen LogP contribution in [0.25, 0.3) is 6.08 Å². The van der Waals surface area contributed by atoms with Crippen molar-refractivity contribution in [2.75, 3.05) is 31.8 Å². The number of carbonyl (C=O) groups is 2. The van der Waals surface area contributed by atoms with Crippen molar-refractivity contribution in [3.63, 3.8) is 0 Å². The molecule has 0 aromatic heterocycles. The Kier molecular flexibility index (Phi) is 7.05. The Morgan fingerprint density at radius 1 is 1.08 bits per heavy atom. The van der Waals surface area contributed by atoms with Crippen molar-refractivity contribution in [3.8, 4) is 23.0 Å². The molecule has 9 heteroatoms. The van der Waals surface area contributed by atoms with E-state index in [1.807, 2.05) is 43.3 Å². The third-order valence-corrected chi connectivity index (χ3v) is 6.67. The Morgan fingerprint density at radius 3 is 2.65 bits per heavy atom. The molecule has 190 valence electrons. The Balaban J connectivity index is 1.35. The molecule has 2 amide bonds. The van der Waals surface area contributed by atoms with Crippen LogP contribution < -0.4 is 29.2 Å². The molecule has 2 aliphatic heterocycles. The zero-order valence-corrected chi connectivity index (χ0v) is 21.9. The fourth-order valence-electron chi connectivity index (χ4n) is 4.19. The number of hydrogen-bond donors (Lipinski definition) is 1. The monoisotopic (exact) mass is 564 g/mol. The largest absolute Gasteiger partial charge is 0.496 e. The summed E-state index contributed by atoms with van der Waals surface area (Å²) in [5.41, 5.74) is 2.15. The zero-order chi connectivity index (χ0) is 25.9. The van der Waals surface area contributed by atoms with Crippen LogP contribution in [0.5, 0.6) is 23.0 Å². The van der Waals surface area contributed by atoms with Crippen LogP contribution in [0.4, 0.5) is 5.69 Å². The lowest BCUT2D eigenvalue weighted by molar-refractivity contribution is -0.123. The number of carbonyl (C=O) groups excluding carboxylic acids is 2. The van der Waals surface area contributed by atoms with Crippen LogP contribution in [0.1, 0.15) is 24.1 Å². The topological polar surface area (TPSA) is 86.3 Å². The summed E-state index contributed by atoms with van der Waals surface area (Å²) in [6.07, 6.45) is 1.64. The number of rotatable bonds is 6. The number of ether oxygens (including phenoxy) is 4. The van der Waals surface area contributed by atoms with E-state index >= 15 is 0 Å². The van der Waals surface area contributed by atoms with Crippen LogP contribution in [0.3, 0.4) is 0 Å². The normalized spacial score (nSPS) is 16.0. The molecule has 8 nitrogen and oxygen atoms in total. The number of nitrogens with one attached hydrogen (secondary N) is 1. The Hall–Kier alpha value is -3.98. The second kappa shape index (κ2) is 10.6. The number of hydrogen-bond acceptors (Lipinski definition) is 6. The number of fused-ring (bicyclic) bond motifs is 2. The Labute approximate surface area is 222 Å². The van der Waals surface area contributed by atoms with E-state index < -0.39 is 5.91 Å². The maximum Gasteiger partial charge on any atom is 0.294 e. The Bertz CT molecular complexity index is 1390. The molecule has 0 saturated carbocycles. The molecular weight excluding hydrogens is 540 g/mol. The predicted octanol–water partition coefficient (Wildman–Crippen LogP) is 4.87. The van der Waals surface area contributed by atoms with Gasteiger partial charge in [-0.05, 0) is 76.5 Å². The van der Waals surface area contributed by atoms with E-state index in [1.165, 1.54) is 4.90 Å². The molecule has 0 saturated heterocycles. The molecule has 3 aromatic rings. The van der Waals surface area contributed by atoms with Gasteiger partial charge in [0.2, 0.25) is 5.91 Å². The van der Waals surface area contributed by atoms with E-state index in [9.17, 15) is 9.59 Å². The van der Waals surface area contributed by atoms with Gasteiger partial charge >= 0.3 is 0 Å². The van der Waals surface area contributed by atoms with E-state index in [1.54, 1.807) is 37.5 Å². The van der Waals surface area contributed by atoms with E-state index in [4.69, 9.17) is 18.9 Å². The standard InChI is InChI=1S/C28H25BrN2O6/c1-17(19-8-10-24-25(15-19)36-12-11-35-24)30-27(32)16-31-21-5-3-4-6-23(21)37-26(28(31)33)14-18-7-9-22(34-2)20(29)13-18/h3-10,13-15,17H,11-12,16H2,1-2H3,(H,30,32)/b26-14-/t17-/m0/s1. The summed E-state index contributed by atoms with van der Waals surface area (Å²) in [5, 5.41) is 2.98. The van der Waals surface area contributed by atoms with Crippen molar-refractivity contribution in [3.05, 3.63) is 82.0 Å². The summed E-state index contributed by atoms with van der Waals surface area (Å²) in [5.74, 6) is 1.91. The average molecular weight is 565 g/mol. The highest BCUT2D eigenvalue weighted by atomic mass is 79.9. The quantitative estimate of drug-likeness (QED) is 0.430. The first-order valence-electron chi connectivity index (χ1n) is 11.8. The first kappa shape index (κ1) is 24.7. The van der Waals surface area contributed by atoms with Gasteiger partial charge < -0.3 is 24.3 Å². The van der Waals surface area contributed by atoms with Crippen molar-refractivity contribution >= 4 is 39.5 Å². The maximum absolute atomic E-state index is 13.4. The molecule has 0 aliphatic carbocycles. The fraction of sp³-hybridized carbons (Fsp3) is 0.214. The average Bonchev–Trinajstić information content (AvgIpc) is 2.90. The van der Waals surface area contributed by atoms with Gasteiger partial charge in [-0.25, -0.2) is 0 Å². The van der Waals surface area contributed by atoms with Crippen molar-refractivity contribution in [2.45, 2.75) is 13.0 Å². The molecule has 5 rings (SSSR count). The van der Waals surface area contributed by atoms with Crippen LogP contribution >= 0.6 is 15.9 Å². The predicted molar refractivity (Wildman–Crippen MR) is 142 cm³/mol. The SMILES string of the molecule is COc1ccc(/C=C2\Oc3ccccc3N(CC(=O)N[C@@H](C)c3ccc4c(c3)OCCO4)C2=O)cc1Br. The summed E-state index contributed by atoms with van der Waals surface area (Å²) in [6, 6.07) is 17.9. The van der Waals surface area contributed by atoms with Crippen molar-refractivity contribution < 1.29 is 28.5 Å². The molecule has 2 heterocycles. The summed E-state index contributed by atoms with van der Waals surface area (Å²) in [7, 11) is 1.58. The lowest BCUT2D eigenvalue weighted by Gasteiger charge is -2.30. The third kappa shape index (κ3) is 5.27. The molecule has 0 fully saturated rings. The van der Waals surface area contributed by atoms with Gasteiger partial charge in [0.1, 0.15) is 25.5 Å². The molecule has 1 atom stereocenters. The van der Waals surface area contributed by atoms with Crippen LogP contribution in [-0.2, 0) is 9.59 Å². The van der Waals surface area contributed by atoms with Gasteiger partial charge in [-0.3, -0.25) is 14.5 Å². The number of anilines is 1. The number of benzene rings is 3. The van der Waals surface area contributed by atoms with E-state index in [0.717, 1.165) is 15.6 Å². The highest BCUT2D eigenvalue weighted by molar-refractivity contribution is 9.10. The molecule has 2 aliphatic rings. The highest BCUT2D eigenvalue weighted by Gasteiger charge is 2.32. The van der Waals surface area contributed by atoms with Gasteiger partial charge in [-0.15, -0.1) is 0 Å². The Morgan fingerprint density at radius 2 is 1.86 bits per heavy atom. The molecule has 3 aromatic carbocycles. The van der Waals surface area contributed by atoms with Crippen LogP contribution in [0, 0.1) is 0 Å². The molecule has 0 unspecified atom stereocenters. The molecule has 0 bridgehead atoms. The first-order valence-corrected chi connectivity index (χ1v) is 12.5. The van der Waals surface area contributed by atoms with E-state index in [0.29, 0.717) is 41.9 Å². The van der Waals surface area contributed by atoms with Crippen LogP contribution in [0.2, 0.25) is 0 Å². The van der Waals surface area contributed by atoms with Gasteiger partial charge in [-0.1, -0.05) is 24.3 Å². The van der Waals surface area contributed by atoms with Crippen LogP contribution in [0.15, 0.2) is 70.9 Å². The van der Waals surface area contributed by atoms with Crippen molar-refractivity contribution in [2.24, 2.45) is 0 Å². The minimum atomic E-state index is -0.409. The number of para-hydroxylation sites is 2. The fourth-order valence-corrected chi connectivity index (χ4v) is 4.74. The van der Waals surface area contributed by atoms with Gasteiger partial charge in [-0.2, -0.15) is 0 Å². The van der Waals surface area contributed by atoms with Gasteiger partial charge in [0.25, 0.3) is 5.91 Å². The molecule has 37 heavy (non-hydrogen) atoms. The summed E-state index contributed by atoms with van der Waals surface area (Å²) in [4.78, 5) is 27.9. The second-order valence-corrected chi connectivity index (χ2v) is 9.41. The lowest BCUT2D eigenvalue weighted by atomic mass is 10.1. The number of halogens is 1. The first-order chi connectivity index (χ1) is 17.9. The number of amides is 2. The van der Waals surface area contributed by atoms with Crippen LogP contribution in [-0.4, -0.2) is 38.7 Å². The van der Waals surface area contributed by atoms with E-state index in [2.05, 4.69) is 21.2 Å². The summed E-state index contributed by atoms with van der Waals surface area (Å²) < 4.78 is 23.2. The third-order valence-electron chi connectivity index (χ3n) is 6.05.